The third kappa shape index (κ3) is 1.86. The molecule has 1 rings (SSSR count). The zero-order chi connectivity index (χ0) is 8.48. The lowest BCUT2D eigenvalue weighted by molar-refractivity contribution is 0.544. The molecule has 0 N–H and O–H groups in total. The third-order valence-electron chi connectivity index (χ3n) is 1.14. The molecule has 1 atom stereocenters. The van der Waals surface area contributed by atoms with Crippen LogP contribution < -0.4 is 0 Å². The minimum atomic E-state index is -2.28. The molecule has 5 heteroatoms. The average Bonchev–Trinajstić information content (AvgIpc) is 2.33. The minimum Gasteiger partial charge on any atom is -0.282 e. The summed E-state index contributed by atoms with van der Waals surface area (Å²) in [6.45, 7) is 0. The van der Waals surface area contributed by atoms with Crippen molar-refractivity contribution in [2.24, 2.45) is 0 Å². The van der Waals surface area contributed by atoms with Crippen molar-refractivity contribution in [2.75, 3.05) is 14.1 Å². The third-order valence-corrected chi connectivity index (χ3v) is 9.34. The van der Waals surface area contributed by atoms with Gasteiger partial charge in [-0.05, 0) is 36.9 Å². The maximum absolute atomic E-state index is 11.8. The SMILES string of the molecule is C#CC1=CSP(=O)(N(C)C)S1. The second kappa shape index (κ2) is 3.28. The van der Waals surface area contributed by atoms with Gasteiger partial charge in [-0.1, -0.05) is 5.92 Å². The van der Waals surface area contributed by atoms with E-state index in [0.717, 1.165) is 4.91 Å². The first kappa shape index (κ1) is 9.28. The van der Waals surface area contributed by atoms with Crippen LogP contribution in [0, 0.1) is 12.3 Å². The van der Waals surface area contributed by atoms with E-state index in [1.807, 2.05) is 0 Å². The van der Waals surface area contributed by atoms with Gasteiger partial charge in [0, 0.05) is 5.41 Å². The van der Waals surface area contributed by atoms with Crippen molar-refractivity contribution >= 4 is 28.5 Å². The number of terminal acetylenes is 1. The van der Waals surface area contributed by atoms with Crippen molar-refractivity contribution < 1.29 is 4.57 Å². The van der Waals surface area contributed by atoms with Crippen molar-refractivity contribution in [3.63, 3.8) is 0 Å². The lowest BCUT2D eigenvalue weighted by Crippen LogP contribution is -2.01. The predicted octanol–water partition coefficient (Wildman–Crippen LogP) is 2.61. The summed E-state index contributed by atoms with van der Waals surface area (Å²) < 4.78 is 13.5. The number of rotatable bonds is 1. The Morgan fingerprint density at radius 2 is 2.36 bits per heavy atom. The van der Waals surface area contributed by atoms with Crippen molar-refractivity contribution in [1.82, 2.24) is 4.67 Å². The van der Waals surface area contributed by atoms with Crippen molar-refractivity contribution in [3.05, 3.63) is 10.3 Å². The molecular weight excluding hydrogens is 197 g/mol. The van der Waals surface area contributed by atoms with Gasteiger partial charge in [-0.3, -0.25) is 4.57 Å². The van der Waals surface area contributed by atoms with Gasteiger partial charge in [-0.25, -0.2) is 4.67 Å². The molecule has 0 saturated carbocycles. The maximum atomic E-state index is 11.8. The second-order valence-corrected chi connectivity index (χ2v) is 9.79. The molecule has 1 aliphatic rings. The predicted molar refractivity (Wildman–Crippen MR) is 53.4 cm³/mol. The van der Waals surface area contributed by atoms with Gasteiger partial charge < -0.3 is 0 Å². The van der Waals surface area contributed by atoms with E-state index in [9.17, 15) is 4.57 Å². The molecule has 0 saturated heterocycles. The van der Waals surface area contributed by atoms with Crippen LogP contribution in [0.2, 0.25) is 0 Å². The van der Waals surface area contributed by atoms with Gasteiger partial charge >= 0.3 is 0 Å². The monoisotopic (exact) mass is 205 g/mol. The summed E-state index contributed by atoms with van der Waals surface area (Å²) in [4.78, 5) is 0.770. The van der Waals surface area contributed by atoms with Crippen LogP contribution in [0.15, 0.2) is 10.3 Å². The molecule has 11 heavy (non-hydrogen) atoms. The number of hydrogen-bond donors (Lipinski definition) is 0. The zero-order valence-electron chi connectivity index (χ0n) is 6.27. The molecule has 0 amide bonds. The molecule has 0 aromatic carbocycles. The van der Waals surface area contributed by atoms with Crippen LogP contribution in [0.25, 0.3) is 0 Å². The summed E-state index contributed by atoms with van der Waals surface area (Å²) in [5, 5.41) is 1.78. The van der Waals surface area contributed by atoms with E-state index in [1.54, 1.807) is 24.2 Å². The van der Waals surface area contributed by atoms with Crippen molar-refractivity contribution in [3.8, 4) is 12.3 Å². The highest BCUT2D eigenvalue weighted by Gasteiger charge is 2.32. The standard InChI is InChI=1S/C6H8NOPS2/c1-4-6-5-10-9(8,11-6)7(2)3/h1,5H,2-3H3. The Morgan fingerprint density at radius 1 is 1.73 bits per heavy atom. The van der Waals surface area contributed by atoms with Gasteiger partial charge in [-0.2, -0.15) is 0 Å². The van der Waals surface area contributed by atoms with Crippen LogP contribution in [-0.4, -0.2) is 18.8 Å². The summed E-state index contributed by atoms with van der Waals surface area (Å²) in [6.07, 6.45) is 5.16. The van der Waals surface area contributed by atoms with Crippen LogP contribution >= 0.6 is 28.5 Å². The van der Waals surface area contributed by atoms with E-state index >= 15 is 0 Å². The molecule has 60 valence electrons. The van der Waals surface area contributed by atoms with Crippen molar-refractivity contribution in [1.29, 1.82) is 0 Å². The lowest BCUT2D eigenvalue weighted by Gasteiger charge is -2.16. The molecular formula is C6H8NOPS2. The Balaban J connectivity index is 2.75. The molecule has 0 radical (unpaired) electrons. The Kier molecular flexibility index (Phi) is 2.77. The van der Waals surface area contributed by atoms with Crippen LogP contribution in [0.4, 0.5) is 0 Å². The Labute approximate surface area is 74.7 Å². The van der Waals surface area contributed by atoms with Crippen LogP contribution in [0.1, 0.15) is 0 Å². The first-order valence-corrected chi connectivity index (χ1v) is 7.48. The fourth-order valence-corrected chi connectivity index (χ4v) is 6.73. The smallest absolute Gasteiger partial charge is 0.266 e. The first-order chi connectivity index (χ1) is 5.08. The Hall–Kier alpha value is 0.190. The fourth-order valence-electron chi connectivity index (χ4n) is 0.518. The van der Waals surface area contributed by atoms with E-state index < -0.39 is 5.70 Å². The molecule has 0 fully saturated rings. The summed E-state index contributed by atoms with van der Waals surface area (Å²) in [5.74, 6) is 2.48. The highest BCUT2D eigenvalue weighted by molar-refractivity contribution is 8.92. The van der Waals surface area contributed by atoms with Gasteiger partial charge in [0.05, 0.1) is 4.91 Å². The molecule has 2 nitrogen and oxygen atoms in total. The summed E-state index contributed by atoms with van der Waals surface area (Å²) in [5.41, 5.74) is -2.28. The summed E-state index contributed by atoms with van der Waals surface area (Å²) in [6, 6.07) is 0. The number of nitrogens with zero attached hydrogens (tertiary/aromatic N) is 1. The largest absolute Gasteiger partial charge is 0.282 e. The summed E-state index contributed by atoms with van der Waals surface area (Å²) >= 11 is 2.62. The maximum Gasteiger partial charge on any atom is 0.266 e. The Bertz CT molecular complexity index is 279. The van der Waals surface area contributed by atoms with Gasteiger partial charge in [-0.15, -0.1) is 6.42 Å². The second-order valence-electron chi connectivity index (χ2n) is 2.14. The molecule has 1 unspecified atom stereocenters. The Morgan fingerprint density at radius 3 is 2.64 bits per heavy atom. The van der Waals surface area contributed by atoms with Gasteiger partial charge in [0.15, 0.2) is 0 Å². The highest BCUT2D eigenvalue weighted by Crippen LogP contribution is 2.77. The molecule has 1 heterocycles. The quantitative estimate of drug-likeness (QED) is 0.484. The molecule has 0 aromatic heterocycles. The summed E-state index contributed by atoms with van der Waals surface area (Å²) in [7, 11) is 3.60. The molecule has 0 aliphatic carbocycles. The fraction of sp³-hybridized carbons (Fsp3) is 0.333. The zero-order valence-corrected chi connectivity index (χ0v) is 8.80. The van der Waals surface area contributed by atoms with Gasteiger partial charge in [0.25, 0.3) is 5.70 Å². The molecule has 1 aliphatic heterocycles. The van der Waals surface area contributed by atoms with E-state index in [4.69, 9.17) is 6.42 Å². The van der Waals surface area contributed by atoms with E-state index in [2.05, 4.69) is 5.92 Å². The van der Waals surface area contributed by atoms with Gasteiger partial charge in [0.2, 0.25) is 0 Å². The van der Waals surface area contributed by atoms with Crippen LogP contribution in [-0.2, 0) is 4.57 Å². The van der Waals surface area contributed by atoms with E-state index in [0.29, 0.717) is 0 Å². The van der Waals surface area contributed by atoms with E-state index in [-0.39, 0.29) is 0 Å². The number of allylic oxidation sites excluding steroid dienone is 1. The first-order valence-electron chi connectivity index (χ1n) is 2.91. The van der Waals surface area contributed by atoms with Crippen molar-refractivity contribution in [2.45, 2.75) is 0 Å². The topological polar surface area (TPSA) is 20.3 Å². The average molecular weight is 205 g/mol. The highest BCUT2D eigenvalue weighted by atomic mass is 33.1. The number of hydrogen-bond acceptors (Lipinski definition) is 3. The lowest BCUT2D eigenvalue weighted by atomic mass is 10.7. The molecule has 0 spiro atoms. The van der Waals surface area contributed by atoms with Crippen LogP contribution in [0.3, 0.4) is 0 Å². The molecule has 0 bridgehead atoms. The van der Waals surface area contributed by atoms with Crippen LogP contribution in [0.5, 0.6) is 0 Å². The normalized spacial score (nSPS) is 30.2. The van der Waals surface area contributed by atoms with E-state index in [1.165, 1.54) is 22.8 Å². The van der Waals surface area contributed by atoms with Gasteiger partial charge in [0.1, 0.15) is 0 Å². The molecule has 0 aromatic rings. The minimum absolute atomic E-state index is 0.770.